The van der Waals surface area contributed by atoms with Gasteiger partial charge in [-0.15, -0.1) is 0 Å². The van der Waals surface area contributed by atoms with Crippen molar-refractivity contribution in [1.82, 2.24) is 0 Å². The molecule has 0 aliphatic carbocycles. The van der Waals surface area contributed by atoms with E-state index in [4.69, 9.17) is 15.2 Å². The lowest BCUT2D eigenvalue weighted by Crippen LogP contribution is -2.42. The minimum absolute atomic E-state index is 0.114. The van der Waals surface area contributed by atoms with E-state index >= 15 is 0 Å². The highest BCUT2D eigenvalue weighted by Crippen LogP contribution is 2.21. The third-order valence-electron chi connectivity index (χ3n) is 9.90. The Balaban J connectivity index is 4.07. The number of esters is 2. The lowest BCUT2D eigenvalue weighted by Gasteiger charge is -2.30. The van der Waals surface area contributed by atoms with E-state index in [1.54, 1.807) is 0 Å². The lowest BCUT2D eigenvalue weighted by molar-refractivity contribution is -0.160. The fraction of sp³-hybridized carbons (Fsp3) is 0.864. The van der Waals surface area contributed by atoms with Gasteiger partial charge < -0.3 is 15.2 Å². The highest BCUT2D eigenvalue weighted by atomic mass is 16.6. The molecule has 0 saturated carbocycles. The molecule has 0 fully saturated rings. The molecule has 0 bridgehead atoms. The molecule has 2 atom stereocenters. The van der Waals surface area contributed by atoms with Crippen molar-refractivity contribution in [3.05, 3.63) is 24.3 Å². The number of rotatable bonds is 36. The van der Waals surface area contributed by atoms with Crippen LogP contribution in [0.2, 0.25) is 0 Å². The van der Waals surface area contributed by atoms with Crippen molar-refractivity contribution in [2.75, 3.05) is 6.61 Å². The normalized spacial score (nSPS) is 13.3. The van der Waals surface area contributed by atoms with Crippen molar-refractivity contribution in [3.63, 3.8) is 0 Å². The van der Waals surface area contributed by atoms with E-state index in [9.17, 15) is 9.59 Å². The predicted octanol–water partition coefficient (Wildman–Crippen LogP) is 13.3. The van der Waals surface area contributed by atoms with E-state index in [-0.39, 0.29) is 24.5 Å². The van der Waals surface area contributed by atoms with Crippen LogP contribution in [0.25, 0.3) is 0 Å². The SMILES string of the molecule is CCCCCCCC/C=C\CCCCCCCC(=O)OCC(CC(C)C(C)(C)N)OC(=O)CCCCCCC/C=C\CCCCCCCC. The van der Waals surface area contributed by atoms with Crippen LogP contribution >= 0.6 is 0 Å². The number of carbonyl (C=O) groups excluding carboxylic acids is 2. The molecule has 49 heavy (non-hydrogen) atoms. The third-order valence-corrected chi connectivity index (χ3v) is 9.90. The van der Waals surface area contributed by atoms with E-state index in [0.717, 1.165) is 51.4 Å². The molecule has 0 spiro atoms. The molecule has 288 valence electrons. The largest absolute Gasteiger partial charge is 0.462 e. The summed E-state index contributed by atoms with van der Waals surface area (Å²) in [6.45, 7) is 10.7. The Morgan fingerprint density at radius 1 is 0.551 bits per heavy atom. The molecule has 2 N–H and O–H groups in total. The Kier molecular flexibility index (Phi) is 33.7. The minimum Gasteiger partial charge on any atom is -0.462 e. The molecular formula is C44H83NO4. The minimum atomic E-state index is -0.452. The van der Waals surface area contributed by atoms with Gasteiger partial charge in [-0.25, -0.2) is 0 Å². The summed E-state index contributed by atoms with van der Waals surface area (Å²) < 4.78 is 11.4. The second kappa shape index (κ2) is 34.8. The summed E-state index contributed by atoms with van der Waals surface area (Å²) in [5, 5.41) is 0. The van der Waals surface area contributed by atoms with Crippen molar-refractivity contribution < 1.29 is 19.1 Å². The number of unbranched alkanes of at least 4 members (excludes halogenated alkanes) is 22. The summed E-state index contributed by atoms with van der Waals surface area (Å²) >= 11 is 0. The van der Waals surface area contributed by atoms with Gasteiger partial charge in [-0.2, -0.15) is 0 Å². The summed E-state index contributed by atoms with van der Waals surface area (Å²) in [5.41, 5.74) is 5.93. The smallest absolute Gasteiger partial charge is 0.306 e. The Hall–Kier alpha value is -1.62. The van der Waals surface area contributed by atoms with Gasteiger partial charge in [-0.05, 0) is 90.4 Å². The molecule has 5 heteroatoms. The molecule has 0 rings (SSSR count). The highest BCUT2D eigenvalue weighted by molar-refractivity contribution is 5.70. The first-order chi connectivity index (χ1) is 23.7. The van der Waals surface area contributed by atoms with Gasteiger partial charge in [0.15, 0.2) is 0 Å². The Bertz CT molecular complexity index is 799. The summed E-state index contributed by atoms with van der Waals surface area (Å²) in [4.78, 5) is 25.2. The second-order valence-electron chi connectivity index (χ2n) is 15.4. The number of hydrogen-bond acceptors (Lipinski definition) is 5. The van der Waals surface area contributed by atoms with Gasteiger partial charge in [0.1, 0.15) is 12.7 Å². The van der Waals surface area contributed by atoms with E-state index < -0.39 is 11.6 Å². The average molecular weight is 690 g/mol. The number of carbonyl (C=O) groups is 2. The van der Waals surface area contributed by atoms with Gasteiger partial charge in [0.25, 0.3) is 0 Å². The van der Waals surface area contributed by atoms with Crippen molar-refractivity contribution in [3.8, 4) is 0 Å². The summed E-state index contributed by atoms with van der Waals surface area (Å²) in [6, 6.07) is 0. The van der Waals surface area contributed by atoms with E-state index in [1.807, 2.05) is 13.8 Å². The maximum atomic E-state index is 12.7. The highest BCUT2D eigenvalue weighted by Gasteiger charge is 2.27. The van der Waals surface area contributed by atoms with Crippen LogP contribution in [-0.2, 0) is 19.1 Å². The first-order valence-electron chi connectivity index (χ1n) is 21.1. The fourth-order valence-electron chi connectivity index (χ4n) is 6.03. The zero-order valence-electron chi connectivity index (χ0n) is 33.4. The van der Waals surface area contributed by atoms with E-state index in [2.05, 4.69) is 45.1 Å². The van der Waals surface area contributed by atoms with Gasteiger partial charge >= 0.3 is 11.9 Å². The van der Waals surface area contributed by atoms with Gasteiger partial charge in [-0.1, -0.05) is 148 Å². The number of allylic oxidation sites excluding steroid dienone is 4. The average Bonchev–Trinajstić information content (AvgIpc) is 3.06. The summed E-state index contributed by atoms with van der Waals surface area (Å²) in [7, 11) is 0. The molecule has 0 aromatic rings. The predicted molar refractivity (Wildman–Crippen MR) is 212 cm³/mol. The van der Waals surface area contributed by atoms with Crippen molar-refractivity contribution in [1.29, 1.82) is 0 Å². The molecule has 0 aliphatic rings. The number of nitrogens with two attached hydrogens (primary N) is 1. The van der Waals surface area contributed by atoms with Crippen LogP contribution in [0.1, 0.15) is 221 Å². The van der Waals surface area contributed by atoms with Crippen LogP contribution in [0.15, 0.2) is 24.3 Å². The second-order valence-corrected chi connectivity index (χ2v) is 15.4. The van der Waals surface area contributed by atoms with Gasteiger partial charge in [0.05, 0.1) is 0 Å². The lowest BCUT2D eigenvalue weighted by atomic mass is 9.86. The molecular weight excluding hydrogens is 606 g/mol. The van der Waals surface area contributed by atoms with Gasteiger partial charge in [0.2, 0.25) is 0 Å². The number of ether oxygens (including phenoxy) is 2. The van der Waals surface area contributed by atoms with Gasteiger partial charge in [-0.3, -0.25) is 9.59 Å². The zero-order valence-corrected chi connectivity index (χ0v) is 33.4. The first kappa shape index (κ1) is 47.4. The monoisotopic (exact) mass is 690 g/mol. The molecule has 0 aromatic heterocycles. The molecule has 0 aromatic carbocycles. The maximum Gasteiger partial charge on any atom is 0.306 e. The van der Waals surface area contributed by atoms with Crippen molar-refractivity contribution in [2.45, 2.75) is 232 Å². The number of hydrogen-bond donors (Lipinski definition) is 1. The van der Waals surface area contributed by atoms with Crippen molar-refractivity contribution in [2.24, 2.45) is 11.7 Å². The van der Waals surface area contributed by atoms with Crippen LogP contribution < -0.4 is 5.73 Å². The molecule has 0 heterocycles. The molecule has 5 nitrogen and oxygen atoms in total. The van der Waals surface area contributed by atoms with Crippen LogP contribution in [0, 0.1) is 5.92 Å². The topological polar surface area (TPSA) is 78.6 Å². The molecule has 0 saturated heterocycles. The molecule has 2 unspecified atom stereocenters. The van der Waals surface area contributed by atoms with Crippen LogP contribution in [-0.4, -0.2) is 30.2 Å². The fourth-order valence-corrected chi connectivity index (χ4v) is 6.03. The quantitative estimate of drug-likeness (QED) is 0.0402. The first-order valence-corrected chi connectivity index (χ1v) is 21.1. The standard InChI is InChI=1S/C44H83NO4/c1-6-8-10-12-14-16-18-20-22-24-26-28-30-32-34-36-42(46)48-39-41(38-40(3)44(4,5)45)49-43(47)37-35-33-31-29-27-25-23-21-19-17-15-13-11-9-7-2/h20-23,40-41H,6-19,24-39,45H2,1-5H3/b22-20-,23-21-. The van der Waals surface area contributed by atoms with Crippen molar-refractivity contribution >= 4 is 11.9 Å². The summed E-state index contributed by atoms with van der Waals surface area (Å²) in [6.07, 6.45) is 42.3. The molecule has 0 radical (unpaired) electrons. The molecule has 0 amide bonds. The Morgan fingerprint density at radius 2 is 0.898 bits per heavy atom. The Labute approximate surface area is 305 Å². The van der Waals surface area contributed by atoms with Crippen LogP contribution in [0.3, 0.4) is 0 Å². The van der Waals surface area contributed by atoms with Gasteiger partial charge in [0, 0.05) is 18.4 Å². The summed E-state index contributed by atoms with van der Waals surface area (Å²) in [5.74, 6) is -0.275. The van der Waals surface area contributed by atoms with E-state index in [0.29, 0.717) is 19.3 Å². The Morgan fingerprint density at radius 3 is 1.29 bits per heavy atom. The van der Waals surface area contributed by atoms with E-state index in [1.165, 1.54) is 116 Å². The van der Waals surface area contributed by atoms with Crippen LogP contribution in [0.4, 0.5) is 0 Å². The molecule has 0 aliphatic heterocycles. The maximum absolute atomic E-state index is 12.7. The third kappa shape index (κ3) is 34.6. The van der Waals surface area contributed by atoms with Crippen LogP contribution in [0.5, 0.6) is 0 Å². The zero-order chi connectivity index (χ0) is 36.3.